The van der Waals surface area contributed by atoms with Gasteiger partial charge in [-0.05, 0) is 36.2 Å². The zero-order chi connectivity index (χ0) is 15.5. The van der Waals surface area contributed by atoms with Crippen LogP contribution in [0.5, 0.6) is 0 Å². The number of anilines is 1. The van der Waals surface area contributed by atoms with Gasteiger partial charge in [0, 0.05) is 36.2 Å². The van der Waals surface area contributed by atoms with E-state index in [1.54, 1.807) is 0 Å². The lowest BCUT2D eigenvalue weighted by Gasteiger charge is -2.14. The van der Waals surface area contributed by atoms with Gasteiger partial charge in [0.1, 0.15) is 0 Å². The van der Waals surface area contributed by atoms with Crippen molar-refractivity contribution < 1.29 is 13.2 Å². The highest BCUT2D eigenvalue weighted by atomic mass is 35.5. The van der Waals surface area contributed by atoms with Crippen molar-refractivity contribution in [1.82, 2.24) is 4.57 Å². The molecule has 6 heteroatoms. The molecule has 0 spiro atoms. The van der Waals surface area contributed by atoms with Crippen LogP contribution in [-0.4, -0.2) is 4.57 Å². The molecule has 0 amide bonds. The van der Waals surface area contributed by atoms with Gasteiger partial charge < -0.3 is 9.88 Å². The second kappa shape index (κ2) is 6.43. The summed E-state index contributed by atoms with van der Waals surface area (Å²) in [5.74, 6) is 0. The third kappa shape index (κ3) is 4.17. The van der Waals surface area contributed by atoms with E-state index in [0.29, 0.717) is 6.54 Å². The van der Waals surface area contributed by atoms with E-state index in [1.807, 2.05) is 23.0 Å². The van der Waals surface area contributed by atoms with Crippen molar-refractivity contribution in [2.45, 2.75) is 32.6 Å². The van der Waals surface area contributed by atoms with Crippen LogP contribution in [-0.2, 0) is 19.3 Å². The summed E-state index contributed by atoms with van der Waals surface area (Å²) in [6.45, 7) is 3.30. The minimum atomic E-state index is -4.43. The molecule has 0 aliphatic heterocycles. The maximum absolute atomic E-state index is 13.0. The lowest BCUT2D eigenvalue weighted by Crippen LogP contribution is -2.10. The van der Waals surface area contributed by atoms with E-state index in [-0.39, 0.29) is 10.7 Å². The van der Waals surface area contributed by atoms with Gasteiger partial charge in [-0.15, -0.1) is 0 Å². The predicted octanol–water partition coefficient (Wildman–Crippen LogP) is 5.18. The van der Waals surface area contributed by atoms with Crippen molar-refractivity contribution in [1.29, 1.82) is 0 Å². The molecule has 0 bridgehead atoms. The van der Waals surface area contributed by atoms with E-state index in [9.17, 15) is 13.2 Å². The normalized spacial score (nSPS) is 11.7. The fourth-order valence-corrected chi connectivity index (χ4v) is 2.27. The second-order valence-electron chi connectivity index (χ2n) is 4.80. The highest BCUT2D eigenvalue weighted by Gasteiger charge is 2.33. The summed E-state index contributed by atoms with van der Waals surface area (Å²) in [7, 11) is 0. The Kier molecular flexibility index (Phi) is 4.83. The Morgan fingerprint density at radius 3 is 2.67 bits per heavy atom. The van der Waals surface area contributed by atoms with Crippen molar-refractivity contribution in [2.75, 3.05) is 5.32 Å². The van der Waals surface area contributed by atoms with Gasteiger partial charge in [0.05, 0.1) is 5.56 Å². The monoisotopic (exact) mass is 316 g/mol. The Morgan fingerprint density at radius 2 is 2.00 bits per heavy atom. The van der Waals surface area contributed by atoms with Crippen molar-refractivity contribution in [3.63, 3.8) is 0 Å². The molecule has 1 aromatic heterocycles. The van der Waals surface area contributed by atoms with Gasteiger partial charge >= 0.3 is 6.18 Å². The summed E-state index contributed by atoms with van der Waals surface area (Å²) in [6.07, 6.45) is 0.436. The first-order valence-electron chi connectivity index (χ1n) is 6.65. The van der Waals surface area contributed by atoms with Crippen molar-refractivity contribution in [3.8, 4) is 0 Å². The number of alkyl halides is 3. The number of halogens is 4. The van der Waals surface area contributed by atoms with Crippen LogP contribution < -0.4 is 5.32 Å². The lowest BCUT2D eigenvalue weighted by molar-refractivity contribution is -0.136. The molecule has 1 N–H and O–H groups in total. The van der Waals surface area contributed by atoms with Crippen LogP contribution in [0.2, 0.25) is 5.02 Å². The molecule has 2 rings (SSSR count). The summed E-state index contributed by atoms with van der Waals surface area (Å²) in [6, 6.07) is 5.63. The zero-order valence-electron chi connectivity index (χ0n) is 11.5. The number of rotatable bonds is 5. The molecular formula is C15H16ClF3N2. The Labute approximate surface area is 126 Å². The van der Waals surface area contributed by atoms with Crippen LogP contribution in [0, 0.1) is 0 Å². The summed E-state index contributed by atoms with van der Waals surface area (Å²) < 4.78 is 40.9. The van der Waals surface area contributed by atoms with Crippen LogP contribution in [0.25, 0.3) is 0 Å². The molecule has 0 radical (unpaired) electrons. The molecule has 0 saturated heterocycles. The summed E-state index contributed by atoms with van der Waals surface area (Å²) in [5, 5.41) is 2.90. The standard InChI is InChI=1S/C15H16ClF3N2/c1-2-6-21-7-5-11(10-21)9-20-14-4-3-12(16)8-13(14)15(17,18)19/h3-5,7-8,10,20H,2,6,9H2,1H3. The molecule has 114 valence electrons. The number of hydrogen-bond donors (Lipinski definition) is 1. The van der Waals surface area contributed by atoms with Gasteiger partial charge in [-0.25, -0.2) is 0 Å². The van der Waals surface area contributed by atoms with E-state index in [2.05, 4.69) is 12.2 Å². The van der Waals surface area contributed by atoms with Crippen LogP contribution >= 0.6 is 11.6 Å². The van der Waals surface area contributed by atoms with E-state index >= 15 is 0 Å². The molecule has 2 aromatic rings. The van der Waals surface area contributed by atoms with E-state index in [0.717, 1.165) is 24.6 Å². The quantitative estimate of drug-likeness (QED) is 0.804. The number of aryl methyl sites for hydroxylation is 1. The molecule has 21 heavy (non-hydrogen) atoms. The summed E-state index contributed by atoms with van der Waals surface area (Å²) in [4.78, 5) is 0. The van der Waals surface area contributed by atoms with Gasteiger partial charge in [0.2, 0.25) is 0 Å². The fraction of sp³-hybridized carbons (Fsp3) is 0.333. The van der Waals surface area contributed by atoms with E-state index in [4.69, 9.17) is 11.6 Å². The molecule has 0 aliphatic rings. The Morgan fingerprint density at radius 1 is 1.24 bits per heavy atom. The van der Waals surface area contributed by atoms with E-state index in [1.165, 1.54) is 12.1 Å². The van der Waals surface area contributed by atoms with Gasteiger partial charge in [0.15, 0.2) is 0 Å². The average Bonchev–Trinajstić information content (AvgIpc) is 2.84. The van der Waals surface area contributed by atoms with Crippen molar-refractivity contribution in [2.24, 2.45) is 0 Å². The first kappa shape index (κ1) is 15.8. The van der Waals surface area contributed by atoms with Crippen LogP contribution in [0.3, 0.4) is 0 Å². The lowest BCUT2D eigenvalue weighted by atomic mass is 10.1. The zero-order valence-corrected chi connectivity index (χ0v) is 12.3. The molecule has 1 aromatic carbocycles. The number of benzene rings is 1. The average molecular weight is 317 g/mol. The highest BCUT2D eigenvalue weighted by molar-refractivity contribution is 6.30. The SMILES string of the molecule is CCCn1ccc(CNc2ccc(Cl)cc2C(F)(F)F)c1. The minimum absolute atomic E-state index is 0.0372. The van der Waals surface area contributed by atoms with Gasteiger partial charge in [-0.1, -0.05) is 18.5 Å². The van der Waals surface area contributed by atoms with Gasteiger partial charge in [0.25, 0.3) is 0 Å². The second-order valence-corrected chi connectivity index (χ2v) is 5.24. The fourth-order valence-electron chi connectivity index (χ4n) is 2.09. The topological polar surface area (TPSA) is 17.0 Å². The molecule has 0 fully saturated rings. The number of nitrogens with one attached hydrogen (secondary N) is 1. The largest absolute Gasteiger partial charge is 0.418 e. The van der Waals surface area contributed by atoms with E-state index < -0.39 is 11.7 Å². The first-order chi connectivity index (χ1) is 9.90. The first-order valence-corrected chi connectivity index (χ1v) is 7.03. The van der Waals surface area contributed by atoms with Crippen molar-refractivity contribution >= 4 is 17.3 Å². The predicted molar refractivity (Wildman–Crippen MR) is 78.5 cm³/mol. The van der Waals surface area contributed by atoms with Crippen LogP contribution in [0.1, 0.15) is 24.5 Å². The van der Waals surface area contributed by atoms with Crippen molar-refractivity contribution in [3.05, 3.63) is 52.8 Å². The number of hydrogen-bond acceptors (Lipinski definition) is 1. The maximum Gasteiger partial charge on any atom is 0.418 e. The van der Waals surface area contributed by atoms with Crippen LogP contribution in [0.15, 0.2) is 36.7 Å². The minimum Gasteiger partial charge on any atom is -0.380 e. The Bertz CT molecular complexity index is 605. The smallest absolute Gasteiger partial charge is 0.380 e. The molecular weight excluding hydrogens is 301 g/mol. The molecule has 0 atom stereocenters. The third-order valence-corrected chi connectivity index (χ3v) is 3.30. The van der Waals surface area contributed by atoms with Gasteiger partial charge in [-0.3, -0.25) is 0 Å². The number of nitrogens with zero attached hydrogens (tertiary/aromatic N) is 1. The van der Waals surface area contributed by atoms with Gasteiger partial charge in [-0.2, -0.15) is 13.2 Å². The molecule has 0 aliphatic carbocycles. The summed E-state index contributed by atoms with van der Waals surface area (Å²) >= 11 is 5.65. The molecule has 1 heterocycles. The molecule has 2 nitrogen and oxygen atoms in total. The molecule has 0 saturated carbocycles. The summed E-state index contributed by atoms with van der Waals surface area (Å²) in [5.41, 5.74) is 0.227. The Hall–Kier alpha value is -1.62. The third-order valence-electron chi connectivity index (χ3n) is 3.06. The Balaban J connectivity index is 2.12. The molecule has 0 unspecified atom stereocenters. The number of aromatic nitrogens is 1. The maximum atomic E-state index is 13.0. The highest BCUT2D eigenvalue weighted by Crippen LogP contribution is 2.36. The van der Waals surface area contributed by atoms with Crippen LogP contribution in [0.4, 0.5) is 18.9 Å².